The highest BCUT2D eigenvalue weighted by molar-refractivity contribution is 5.78. The molecule has 0 radical (unpaired) electrons. The fourth-order valence-corrected chi connectivity index (χ4v) is 1.90. The summed E-state index contributed by atoms with van der Waals surface area (Å²) in [7, 11) is 1.81. The van der Waals surface area contributed by atoms with Gasteiger partial charge in [0.2, 0.25) is 5.91 Å². The van der Waals surface area contributed by atoms with E-state index in [1.54, 1.807) is 0 Å². The first-order chi connectivity index (χ1) is 5.65. The van der Waals surface area contributed by atoms with Gasteiger partial charge in [0.15, 0.2) is 0 Å². The van der Waals surface area contributed by atoms with E-state index >= 15 is 0 Å². The Morgan fingerprint density at radius 1 is 1.58 bits per heavy atom. The third-order valence-corrected chi connectivity index (χ3v) is 2.43. The van der Waals surface area contributed by atoms with Gasteiger partial charge in [-0.05, 0) is 26.3 Å². The Balaban J connectivity index is 2.46. The highest BCUT2D eigenvalue weighted by atomic mass is 16.2. The van der Waals surface area contributed by atoms with Crippen molar-refractivity contribution in [3.8, 4) is 0 Å². The van der Waals surface area contributed by atoms with Gasteiger partial charge in [0.1, 0.15) is 0 Å². The molecule has 1 fully saturated rings. The van der Waals surface area contributed by atoms with E-state index in [0.29, 0.717) is 18.5 Å². The maximum Gasteiger partial charge on any atom is 0.236 e. The number of amides is 1. The molecule has 2 unspecified atom stereocenters. The topological polar surface area (TPSA) is 32.3 Å². The molecule has 1 saturated heterocycles. The number of hydrogen-bond donors (Lipinski definition) is 1. The largest absolute Gasteiger partial charge is 0.339 e. The molecule has 1 heterocycles. The highest BCUT2D eigenvalue weighted by Crippen LogP contribution is 2.21. The molecular formula is C9H18N2O. The molecule has 0 saturated carbocycles. The Morgan fingerprint density at radius 2 is 2.25 bits per heavy atom. The first-order valence-electron chi connectivity index (χ1n) is 4.59. The standard InChI is InChI=1S/C9H18N2O/c1-7-4-8(2)11(6-7)9(12)5-10-3/h7-8,10H,4-6H2,1-3H3. The molecule has 0 aliphatic carbocycles. The average molecular weight is 170 g/mol. The van der Waals surface area contributed by atoms with Crippen LogP contribution in [0.4, 0.5) is 0 Å². The van der Waals surface area contributed by atoms with E-state index in [9.17, 15) is 4.79 Å². The molecule has 1 aliphatic rings. The molecule has 0 spiro atoms. The summed E-state index contributed by atoms with van der Waals surface area (Å²) in [5, 5.41) is 2.89. The smallest absolute Gasteiger partial charge is 0.236 e. The zero-order valence-corrected chi connectivity index (χ0v) is 8.13. The molecule has 0 aromatic heterocycles. The molecule has 2 atom stereocenters. The molecule has 0 aromatic carbocycles. The van der Waals surface area contributed by atoms with E-state index in [0.717, 1.165) is 13.0 Å². The van der Waals surface area contributed by atoms with E-state index in [4.69, 9.17) is 0 Å². The van der Waals surface area contributed by atoms with Crippen LogP contribution in [0.5, 0.6) is 0 Å². The van der Waals surface area contributed by atoms with Gasteiger partial charge in [0.05, 0.1) is 6.54 Å². The van der Waals surface area contributed by atoms with Gasteiger partial charge in [-0.3, -0.25) is 4.79 Å². The van der Waals surface area contributed by atoms with E-state index in [2.05, 4.69) is 19.2 Å². The summed E-state index contributed by atoms with van der Waals surface area (Å²) in [6.07, 6.45) is 1.15. The predicted molar refractivity (Wildman–Crippen MR) is 48.9 cm³/mol. The summed E-state index contributed by atoms with van der Waals surface area (Å²) in [5.41, 5.74) is 0. The van der Waals surface area contributed by atoms with Crippen LogP contribution in [0.2, 0.25) is 0 Å². The van der Waals surface area contributed by atoms with E-state index in [-0.39, 0.29) is 5.91 Å². The average Bonchev–Trinajstić information content (AvgIpc) is 2.30. The van der Waals surface area contributed by atoms with E-state index < -0.39 is 0 Å². The first-order valence-corrected chi connectivity index (χ1v) is 4.59. The van der Waals surface area contributed by atoms with Crippen molar-refractivity contribution in [2.24, 2.45) is 5.92 Å². The van der Waals surface area contributed by atoms with Gasteiger partial charge < -0.3 is 10.2 Å². The Hall–Kier alpha value is -0.570. The Kier molecular flexibility index (Phi) is 3.09. The monoisotopic (exact) mass is 170 g/mol. The fraction of sp³-hybridized carbons (Fsp3) is 0.889. The Bertz CT molecular complexity index is 170. The SMILES string of the molecule is CNCC(=O)N1CC(C)CC1C. The number of likely N-dealkylation sites (N-methyl/N-ethyl adjacent to an activating group) is 1. The van der Waals surface area contributed by atoms with Crippen molar-refractivity contribution in [1.82, 2.24) is 10.2 Å². The van der Waals surface area contributed by atoms with Crippen LogP contribution < -0.4 is 5.32 Å². The van der Waals surface area contributed by atoms with Gasteiger partial charge in [0, 0.05) is 12.6 Å². The third kappa shape index (κ3) is 1.97. The minimum absolute atomic E-state index is 0.231. The highest BCUT2D eigenvalue weighted by Gasteiger charge is 2.28. The van der Waals surface area contributed by atoms with Gasteiger partial charge in [-0.15, -0.1) is 0 Å². The van der Waals surface area contributed by atoms with Gasteiger partial charge in [-0.2, -0.15) is 0 Å². The summed E-state index contributed by atoms with van der Waals surface area (Å²) in [5.74, 6) is 0.898. The van der Waals surface area contributed by atoms with Crippen molar-refractivity contribution in [3.63, 3.8) is 0 Å². The van der Waals surface area contributed by atoms with Crippen LogP contribution in [0.15, 0.2) is 0 Å². The minimum Gasteiger partial charge on any atom is -0.339 e. The predicted octanol–water partition coefficient (Wildman–Crippen LogP) is 0.463. The molecule has 1 rings (SSSR count). The fourth-order valence-electron chi connectivity index (χ4n) is 1.90. The molecule has 0 aromatic rings. The van der Waals surface area contributed by atoms with Crippen molar-refractivity contribution in [1.29, 1.82) is 0 Å². The van der Waals surface area contributed by atoms with E-state index in [1.165, 1.54) is 0 Å². The number of hydrogen-bond acceptors (Lipinski definition) is 2. The Labute approximate surface area is 74.1 Å². The molecule has 1 aliphatic heterocycles. The van der Waals surface area contributed by atoms with Crippen LogP contribution in [0.3, 0.4) is 0 Å². The summed E-state index contributed by atoms with van der Waals surface area (Å²) in [4.78, 5) is 13.4. The van der Waals surface area contributed by atoms with Crippen LogP contribution in [0, 0.1) is 5.92 Å². The maximum absolute atomic E-state index is 11.5. The lowest BCUT2D eigenvalue weighted by Gasteiger charge is -2.21. The Morgan fingerprint density at radius 3 is 2.67 bits per heavy atom. The first kappa shape index (κ1) is 9.52. The van der Waals surface area contributed by atoms with Crippen molar-refractivity contribution < 1.29 is 4.79 Å². The molecular weight excluding hydrogens is 152 g/mol. The number of carbonyl (C=O) groups excluding carboxylic acids is 1. The van der Waals surface area contributed by atoms with Gasteiger partial charge in [-0.25, -0.2) is 0 Å². The molecule has 12 heavy (non-hydrogen) atoms. The molecule has 70 valence electrons. The number of nitrogens with zero attached hydrogens (tertiary/aromatic N) is 1. The lowest BCUT2D eigenvalue weighted by molar-refractivity contribution is -0.130. The van der Waals surface area contributed by atoms with Crippen LogP contribution >= 0.6 is 0 Å². The molecule has 3 nitrogen and oxygen atoms in total. The second kappa shape index (κ2) is 3.90. The third-order valence-electron chi connectivity index (χ3n) is 2.43. The van der Waals surface area contributed by atoms with Crippen LogP contribution in [-0.2, 0) is 4.79 Å². The maximum atomic E-state index is 11.5. The zero-order chi connectivity index (χ0) is 9.14. The van der Waals surface area contributed by atoms with Crippen molar-refractivity contribution >= 4 is 5.91 Å². The van der Waals surface area contributed by atoms with Gasteiger partial charge in [-0.1, -0.05) is 6.92 Å². The lowest BCUT2D eigenvalue weighted by Crippen LogP contribution is -2.39. The van der Waals surface area contributed by atoms with Crippen LogP contribution in [0.25, 0.3) is 0 Å². The quantitative estimate of drug-likeness (QED) is 0.653. The zero-order valence-electron chi connectivity index (χ0n) is 8.13. The van der Waals surface area contributed by atoms with Crippen LogP contribution in [-0.4, -0.2) is 37.0 Å². The number of likely N-dealkylation sites (tertiary alicyclic amines) is 1. The summed E-state index contributed by atoms with van der Waals surface area (Å²) in [6.45, 7) is 5.72. The second-order valence-electron chi connectivity index (χ2n) is 3.77. The molecule has 3 heteroatoms. The second-order valence-corrected chi connectivity index (χ2v) is 3.77. The van der Waals surface area contributed by atoms with Crippen molar-refractivity contribution in [2.45, 2.75) is 26.3 Å². The lowest BCUT2D eigenvalue weighted by atomic mass is 10.1. The van der Waals surface area contributed by atoms with Gasteiger partial charge in [0.25, 0.3) is 0 Å². The summed E-state index contributed by atoms with van der Waals surface area (Å²) >= 11 is 0. The molecule has 0 bridgehead atoms. The summed E-state index contributed by atoms with van der Waals surface area (Å²) < 4.78 is 0. The van der Waals surface area contributed by atoms with Crippen LogP contribution in [0.1, 0.15) is 20.3 Å². The normalized spacial score (nSPS) is 29.4. The van der Waals surface area contributed by atoms with Crippen molar-refractivity contribution in [2.75, 3.05) is 20.1 Å². The molecule has 1 N–H and O–H groups in total. The molecule has 1 amide bonds. The number of carbonyl (C=O) groups is 1. The van der Waals surface area contributed by atoms with Crippen molar-refractivity contribution in [3.05, 3.63) is 0 Å². The number of rotatable bonds is 2. The number of nitrogens with one attached hydrogen (secondary N) is 1. The minimum atomic E-state index is 0.231. The van der Waals surface area contributed by atoms with Gasteiger partial charge >= 0.3 is 0 Å². The van der Waals surface area contributed by atoms with E-state index in [1.807, 2.05) is 11.9 Å². The summed E-state index contributed by atoms with van der Waals surface area (Å²) in [6, 6.07) is 0.431.